The summed E-state index contributed by atoms with van der Waals surface area (Å²) in [5.41, 5.74) is 1.52. The van der Waals surface area contributed by atoms with Crippen LogP contribution in [-0.2, 0) is 13.1 Å². The topological polar surface area (TPSA) is 26.9 Å². The van der Waals surface area contributed by atoms with E-state index in [0.29, 0.717) is 23.1 Å². The Hall–Kier alpha value is -0.930. The maximum Gasteiger partial charge on any atom is 0.329 e. The van der Waals surface area contributed by atoms with E-state index in [9.17, 15) is 4.79 Å². The van der Waals surface area contributed by atoms with Crippen molar-refractivity contribution in [3.8, 4) is 0 Å². The van der Waals surface area contributed by atoms with Crippen molar-refractivity contribution in [2.24, 2.45) is 0 Å². The van der Waals surface area contributed by atoms with E-state index in [1.165, 1.54) is 0 Å². The zero-order chi connectivity index (χ0) is 11.9. The zero-order valence-electron chi connectivity index (χ0n) is 9.13. The number of benzene rings is 1. The molecule has 0 aliphatic heterocycles. The Bertz CT molecular complexity index is 598. The molecule has 2 rings (SSSR count). The molecule has 1 aromatic heterocycles. The molecule has 86 valence electrons. The minimum absolute atomic E-state index is 0.0378. The third-order valence-electron chi connectivity index (χ3n) is 2.70. The third-order valence-corrected chi connectivity index (χ3v) is 3.50. The highest BCUT2D eigenvalue weighted by molar-refractivity contribution is 6.44. The van der Waals surface area contributed by atoms with Crippen molar-refractivity contribution in [2.45, 2.75) is 26.9 Å². The molecule has 0 bridgehead atoms. The van der Waals surface area contributed by atoms with Gasteiger partial charge < -0.3 is 0 Å². The standard InChI is InChI=1S/C11H12Cl2N2O/c1-3-14-8-6-5-7(12)9(13)10(8)15(4-2)11(14)16/h5-6H,3-4H2,1-2H3. The SMILES string of the molecule is CCn1c(=O)n(CC)c2c(Cl)c(Cl)ccc21. The lowest BCUT2D eigenvalue weighted by Gasteiger charge is -2.02. The van der Waals surface area contributed by atoms with E-state index in [1.54, 1.807) is 15.2 Å². The first-order valence-corrected chi connectivity index (χ1v) is 5.94. The highest BCUT2D eigenvalue weighted by Crippen LogP contribution is 2.30. The molecule has 5 heteroatoms. The van der Waals surface area contributed by atoms with Gasteiger partial charge in [0.05, 0.1) is 21.1 Å². The molecule has 0 N–H and O–H groups in total. The molecule has 3 nitrogen and oxygen atoms in total. The molecule has 0 aliphatic rings. The van der Waals surface area contributed by atoms with Crippen molar-refractivity contribution in [2.75, 3.05) is 0 Å². The number of fused-ring (bicyclic) bond motifs is 1. The van der Waals surface area contributed by atoms with Crippen molar-refractivity contribution in [1.29, 1.82) is 0 Å². The Kier molecular flexibility index (Phi) is 3.00. The van der Waals surface area contributed by atoms with E-state index in [1.807, 2.05) is 19.9 Å². The lowest BCUT2D eigenvalue weighted by molar-refractivity contribution is 0.671. The Labute approximate surface area is 103 Å². The number of halogens is 2. The van der Waals surface area contributed by atoms with Gasteiger partial charge in [-0.25, -0.2) is 4.79 Å². The predicted octanol–water partition coefficient (Wildman–Crippen LogP) is 3.15. The fourth-order valence-electron chi connectivity index (χ4n) is 1.95. The summed E-state index contributed by atoms with van der Waals surface area (Å²) in [5.74, 6) is 0. The molecule has 16 heavy (non-hydrogen) atoms. The summed E-state index contributed by atoms with van der Waals surface area (Å²) in [6.07, 6.45) is 0. The number of aryl methyl sites for hydroxylation is 2. The Morgan fingerprint density at radius 3 is 2.31 bits per heavy atom. The van der Waals surface area contributed by atoms with E-state index in [2.05, 4.69) is 0 Å². The first kappa shape index (κ1) is 11.6. The second-order valence-corrected chi connectivity index (χ2v) is 4.29. The van der Waals surface area contributed by atoms with E-state index in [-0.39, 0.29) is 5.69 Å². The average molecular weight is 259 g/mol. The average Bonchev–Trinajstić information content (AvgIpc) is 2.56. The van der Waals surface area contributed by atoms with Crippen LogP contribution in [0, 0.1) is 0 Å². The van der Waals surface area contributed by atoms with Gasteiger partial charge in [0.2, 0.25) is 0 Å². The summed E-state index contributed by atoms with van der Waals surface area (Å²) in [6.45, 7) is 5.06. The lowest BCUT2D eigenvalue weighted by Crippen LogP contribution is -2.23. The molecule has 1 heterocycles. The number of imidazole rings is 1. The first-order chi connectivity index (χ1) is 7.61. The molecule has 0 saturated heterocycles. The van der Waals surface area contributed by atoms with E-state index in [0.717, 1.165) is 11.0 Å². The van der Waals surface area contributed by atoms with Crippen molar-refractivity contribution in [3.05, 3.63) is 32.7 Å². The van der Waals surface area contributed by atoms with Crippen LogP contribution in [0.2, 0.25) is 10.0 Å². The summed E-state index contributed by atoms with van der Waals surface area (Å²) >= 11 is 12.1. The third kappa shape index (κ3) is 1.46. The molecule has 0 unspecified atom stereocenters. The number of rotatable bonds is 2. The van der Waals surface area contributed by atoms with Crippen LogP contribution in [0.3, 0.4) is 0 Å². The quantitative estimate of drug-likeness (QED) is 0.813. The smallest absolute Gasteiger partial charge is 0.292 e. The Morgan fingerprint density at radius 1 is 1.12 bits per heavy atom. The number of nitrogens with zero attached hydrogens (tertiary/aromatic N) is 2. The van der Waals surface area contributed by atoms with Crippen LogP contribution in [0.1, 0.15) is 13.8 Å². The molecule has 0 amide bonds. The van der Waals surface area contributed by atoms with Crippen LogP contribution < -0.4 is 5.69 Å². The second kappa shape index (κ2) is 4.15. The molecule has 0 radical (unpaired) electrons. The molecular weight excluding hydrogens is 247 g/mol. The summed E-state index contributed by atoms with van der Waals surface area (Å²) < 4.78 is 3.34. The van der Waals surface area contributed by atoms with Gasteiger partial charge in [0.1, 0.15) is 0 Å². The van der Waals surface area contributed by atoms with Crippen molar-refractivity contribution >= 4 is 34.2 Å². The van der Waals surface area contributed by atoms with Crippen LogP contribution >= 0.6 is 23.2 Å². The van der Waals surface area contributed by atoms with Crippen molar-refractivity contribution < 1.29 is 0 Å². The van der Waals surface area contributed by atoms with Gasteiger partial charge in [-0.1, -0.05) is 23.2 Å². The van der Waals surface area contributed by atoms with Gasteiger partial charge in [0.15, 0.2) is 0 Å². The molecule has 0 fully saturated rings. The van der Waals surface area contributed by atoms with Gasteiger partial charge in [0.25, 0.3) is 0 Å². The van der Waals surface area contributed by atoms with Crippen LogP contribution in [0.4, 0.5) is 0 Å². The minimum atomic E-state index is -0.0378. The summed E-state index contributed by atoms with van der Waals surface area (Å²) in [4.78, 5) is 12.0. The van der Waals surface area contributed by atoms with Crippen molar-refractivity contribution in [1.82, 2.24) is 9.13 Å². The van der Waals surface area contributed by atoms with E-state index >= 15 is 0 Å². The van der Waals surface area contributed by atoms with Crippen LogP contribution in [0.5, 0.6) is 0 Å². The number of aromatic nitrogens is 2. The summed E-state index contributed by atoms with van der Waals surface area (Å²) in [6, 6.07) is 3.55. The van der Waals surface area contributed by atoms with Gasteiger partial charge in [-0.05, 0) is 26.0 Å². The van der Waals surface area contributed by atoms with E-state index < -0.39 is 0 Å². The van der Waals surface area contributed by atoms with Gasteiger partial charge in [-0.15, -0.1) is 0 Å². The van der Waals surface area contributed by atoms with Gasteiger partial charge >= 0.3 is 5.69 Å². The Balaban J connectivity index is 3.01. The molecule has 0 saturated carbocycles. The number of hydrogen-bond donors (Lipinski definition) is 0. The highest BCUT2D eigenvalue weighted by atomic mass is 35.5. The Morgan fingerprint density at radius 2 is 1.75 bits per heavy atom. The van der Waals surface area contributed by atoms with Gasteiger partial charge in [-0.3, -0.25) is 9.13 Å². The molecule has 1 aromatic carbocycles. The van der Waals surface area contributed by atoms with Crippen molar-refractivity contribution in [3.63, 3.8) is 0 Å². The largest absolute Gasteiger partial charge is 0.329 e. The molecule has 0 aliphatic carbocycles. The molecule has 0 spiro atoms. The van der Waals surface area contributed by atoms with E-state index in [4.69, 9.17) is 23.2 Å². The molecular formula is C11H12Cl2N2O. The monoisotopic (exact) mass is 258 g/mol. The van der Waals surface area contributed by atoms with Crippen LogP contribution in [-0.4, -0.2) is 9.13 Å². The maximum absolute atomic E-state index is 12.0. The van der Waals surface area contributed by atoms with Crippen LogP contribution in [0.15, 0.2) is 16.9 Å². The first-order valence-electron chi connectivity index (χ1n) is 5.18. The maximum atomic E-state index is 12.0. The van der Waals surface area contributed by atoms with Gasteiger partial charge in [0, 0.05) is 13.1 Å². The molecule has 0 atom stereocenters. The fourth-order valence-corrected chi connectivity index (χ4v) is 2.36. The summed E-state index contributed by atoms with van der Waals surface area (Å²) in [5, 5.41) is 0.926. The lowest BCUT2D eigenvalue weighted by atomic mass is 10.3. The zero-order valence-corrected chi connectivity index (χ0v) is 10.6. The normalized spacial score (nSPS) is 11.2. The predicted molar refractivity (Wildman–Crippen MR) is 67.6 cm³/mol. The van der Waals surface area contributed by atoms with Gasteiger partial charge in [-0.2, -0.15) is 0 Å². The second-order valence-electron chi connectivity index (χ2n) is 3.50. The summed E-state index contributed by atoms with van der Waals surface area (Å²) in [7, 11) is 0. The fraction of sp³-hybridized carbons (Fsp3) is 0.364. The van der Waals surface area contributed by atoms with Crippen LogP contribution in [0.25, 0.3) is 11.0 Å². The number of hydrogen-bond acceptors (Lipinski definition) is 1. The molecule has 2 aromatic rings. The highest BCUT2D eigenvalue weighted by Gasteiger charge is 2.15. The minimum Gasteiger partial charge on any atom is -0.292 e.